The van der Waals surface area contributed by atoms with Crippen LogP contribution >= 0.6 is 0 Å². The Balaban J connectivity index is 1.62. The Morgan fingerprint density at radius 2 is 2.11 bits per heavy atom. The van der Waals surface area contributed by atoms with E-state index in [1.54, 1.807) is 6.26 Å². The van der Waals surface area contributed by atoms with Gasteiger partial charge in [-0.1, -0.05) is 6.07 Å². The number of hydrogen-bond acceptors (Lipinski definition) is 3. The van der Waals surface area contributed by atoms with Crippen LogP contribution in [0.25, 0.3) is 11.0 Å². The third kappa shape index (κ3) is 2.63. The van der Waals surface area contributed by atoms with Crippen LogP contribution in [0, 0.1) is 0 Å². The minimum absolute atomic E-state index is 0.0220. The smallest absolute Gasteiger partial charge is 0.252 e. The van der Waals surface area contributed by atoms with Gasteiger partial charge in [-0.25, -0.2) is 0 Å². The number of benzene rings is 1. The van der Waals surface area contributed by atoms with Crippen molar-refractivity contribution in [2.45, 2.75) is 12.8 Å². The van der Waals surface area contributed by atoms with Gasteiger partial charge >= 0.3 is 0 Å². The van der Waals surface area contributed by atoms with Crippen molar-refractivity contribution in [2.75, 3.05) is 26.2 Å². The Hall–Kier alpha value is -1.81. The SMILES string of the molecule is O=C(NCCN1CCCC1)c1cccc2occc12. The molecule has 1 fully saturated rings. The second kappa shape index (κ2) is 5.45. The van der Waals surface area contributed by atoms with E-state index in [0.717, 1.165) is 30.6 Å². The number of carbonyl (C=O) groups is 1. The van der Waals surface area contributed by atoms with Gasteiger partial charge in [-0.2, -0.15) is 0 Å². The van der Waals surface area contributed by atoms with E-state index in [1.807, 2.05) is 24.3 Å². The summed E-state index contributed by atoms with van der Waals surface area (Å²) in [6, 6.07) is 7.39. The molecule has 4 nitrogen and oxygen atoms in total. The standard InChI is InChI=1S/C15H18N2O2/c18-15(16-7-10-17-8-1-2-9-17)13-4-3-5-14-12(13)6-11-19-14/h3-6,11H,1-2,7-10H2,(H,16,18). The molecular formula is C15H18N2O2. The summed E-state index contributed by atoms with van der Waals surface area (Å²) in [5.74, 6) is -0.0220. The molecule has 1 amide bonds. The lowest BCUT2D eigenvalue weighted by Gasteiger charge is -2.14. The van der Waals surface area contributed by atoms with Crippen LogP contribution in [0.5, 0.6) is 0 Å². The highest BCUT2D eigenvalue weighted by Crippen LogP contribution is 2.19. The molecule has 19 heavy (non-hydrogen) atoms. The predicted molar refractivity (Wildman–Crippen MR) is 74.2 cm³/mol. The van der Waals surface area contributed by atoms with Crippen molar-refractivity contribution in [1.29, 1.82) is 0 Å². The fraction of sp³-hybridized carbons (Fsp3) is 0.400. The van der Waals surface area contributed by atoms with Gasteiger partial charge in [0.15, 0.2) is 0 Å². The molecule has 0 aliphatic carbocycles. The molecule has 2 heterocycles. The normalized spacial score (nSPS) is 16.0. The van der Waals surface area contributed by atoms with Crippen LogP contribution in [0.2, 0.25) is 0 Å². The molecule has 2 aromatic rings. The number of furan rings is 1. The zero-order valence-corrected chi connectivity index (χ0v) is 10.9. The highest BCUT2D eigenvalue weighted by Gasteiger charge is 2.13. The summed E-state index contributed by atoms with van der Waals surface area (Å²) in [6.45, 7) is 3.96. The van der Waals surface area contributed by atoms with Gasteiger partial charge in [0.05, 0.1) is 11.8 Å². The molecule has 1 N–H and O–H groups in total. The van der Waals surface area contributed by atoms with E-state index in [9.17, 15) is 4.79 Å². The summed E-state index contributed by atoms with van der Waals surface area (Å²) < 4.78 is 5.31. The third-order valence-electron chi connectivity index (χ3n) is 3.65. The van der Waals surface area contributed by atoms with Gasteiger partial charge in [0.1, 0.15) is 5.58 Å². The maximum absolute atomic E-state index is 12.2. The first kappa shape index (κ1) is 12.2. The number of nitrogens with one attached hydrogen (secondary N) is 1. The summed E-state index contributed by atoms with van der Waals surface area (Å²) >= 11 is 0. The maximum Gasteiger partial charge on any atom is 0.252 e. The van der Waals surface area contributed by atoms with Gasteiger partial charge in [-0.05, 0) is 44.1 Å². The molecular weight excluding hydrogens is 240 g/mol. The van der Waals surface area contributed by atoms with Crippen LogP contribution < -0.4 is 5.32 Å². The average molecular weight is 258 g/mol. The first-order valence-corrected chi connectivity index (χ1v) is 6.81. The summed E-state index contributed by atoms with van der Waals surface area (Å²) in [5.41, 5.74) is 1.44. The molecule has 1 aliphatic rings. The molecule has 0 unspecified atom stereocenters. The van der Waals surface area contributed by atoms with Crippen molar-refractivity contribution in [1.82, 2.24) is 10.2 Å². The predicted octanol–water partition coefficient (Wildman–Crippen LogP) is 2.26. The van der Waals surface area contributed by atoms with Crippen LogP contribution in [-0.4, -0.2) is 37.0 Å². The molecule has 100 valence electrons. The Labute approximate surface area is 112 Å². The molecule has 0 atom stereocenters. The number of carbonyl (C=O) groups excluding carboxylic acids is 1. The van der Waals surface area contributed by atoms with Crippen molar-refractivity contribution in [3.8, 4) is 0 Å². The average Bonchev–Trinajstić information content (AvgIpc) is 3.08. The van der Waals surface area contributed by atoms with Crippen molar-refractivity contribution in [3.05, 3.63) is 36.1 Å². The maximum atomic E-state index is 12.2. The molecule has 3 rings (SSSR count). The number of likely N-dealkylation sites (tertiary alicyclic amines) is 1. The molecule has 0 saturated carbocycles. The summed E-state index contributed by atoms with van der Waals surface area (Å²) in [5, 5.41) is 3.86. The van der Waals surface area contributed by atoms with Crippen LogP contribution in [0.4, 0.5) is 0 Å². The first-order chi connectivity index (χ1) is 9.34. The highest BCUT2D eigenvalue weighted by atomic mass is 16.3. The molecule has 1 aromatic heterocycles. The van der Waals surface area contributed by atoms with Gasteiger partial charge in [0, 0.05) is 18.5 Å². The van der Waals surface area contributed by atoms with Crippen LogP contribution in [0.15, 0.2) is 34.9 Å². The van der Waals surface area contributed by atoms with Crippen LogP contribution in [0.1, 0.15) is 23.2 Å². The minimum atomic E-state index is -0.0220. The first-order valence-electron chi connectivity index (χ1n) is 6.81. The van der Waals surface area contributed by atoms with Crippen molar-refractivity contribution in [2.24, 2.45) is 0 Å². The largest absolute Gasteiger partial charge is 0.464 e. The quantitative estimate of drug-likeness (QED) is 0.915. The molecule has 1 aromatic carbocycles. The minimum Gasteiger partial charge on any atom is -0.464 e. The monoisotopic (exact) mass is 258 g/mol. The van der Waals surface area contributed by atoms with Gasteiger partial charge in [-0.3, -0.25) is 4.79 Å². The Kier molecular flexibility index (Phi) is 3.51. The lowest BCUT2D eigenvalue weighted by atomic mass is 10.1. The molecule has 1 saturated heterocycles. The Morgan fingerprint density at radius 3 is 2.95 bits per heavy atom. The number of rotatable bonds is 4. The second-order valence-electron chi connectivity index (χ2n) is 4.94. The Morgan fingerprint density at radius 1 is 1.26 bits per heavy atom. The summed E-state index contributed by atoms with van der Waals surface area (Å²) in [4.78, 5) is 14.5. The summed E-state index contributed by atoms with van der Waals surface area (Å²) in [6.07, 6.45) is 4.18. The zero-order chi connectivity index (χ0) is 13.1. The molecule has 0 spiro atoms. The number of amides is 1. The number of fused-ring (bicyclic) bond motifs is 1. The highest BCUT2D eigenvalue weighted by molar-refractivity contribution is 6.05. The fourth-order valence-corrected chi connectivity index (χ4v) is 2.62. The lowest BCUT2D eigenvalue weighted by Crippen LogP contribution is -2.33. The lowest BCUT2D eigenvalue weighted by molar-refractivity contribution is 0.0951. The van der Waals surface area contributed by atoms with Crippen molar-refractivity contribution >= 4 is 16.9 Å². The van der Waals surface area contributed by atoms with Crippen molar-refractivity contribution < 1.29 is 9.21 Å². The number of nitrogens with zero attached hydrogens (tertiary/aromatic N) is 1. The fourth-order valence-electron chi connectivity index (χ4n) is 2.62. The van der Waals surface area contributed by atoms with E-state index >= 15 is 0 Å². The van der Waals surface area contributed by atoms with Crippen LogP contribution in [-0.2, 0) is 0 Å². The summed E-state index contributed by atoms with van der Waals surface area (Å²) in [7, 11) is 0. The van der Waals surface area contributed by atoms with Crippen LogP contribution in [0.3, 0.4) is 0 Å². The molecule has 4 heteroatoms. The van der Waals surface area contributed by atoms with Gasteiger partial charge in [0.25, 0.3) is 5.91 Å². The topological polar surface area (TPSA) is 45.5 Å². The van der Waals surface area contributed by atoms with Gasteiger partial charge in [0.2, 0.25) is 0 Å². The van der Waals surface area contributed by atoms with E-state index in [4.69, 9.17) is 4.42 Å². The second-order valence-corrected chi connectivity index (χ2v) is 4.94. The van der Waals surface area contributed by atoms with E-state index in [-0.39, 0.29) is 5.91 Å². The number of hydrogen-bond donors (Lipinski definition) is 1. The third-order valence-corrected chi connectivity index (χ3v) is 3.65. The zero-order valence-electron chi connectivity index (χ0n) is 10.9. The molecule has 0 radical (unpaired) electrons. The van der Waals surface area contributed by atoms with Gasteiger partial charge in [-0.15, -0.1) is 0 Å². The van der Waals surface area contributed by atoms with E-state index in [0.29, 0.717) is 12.1 Å². The van der Waals surface area contributed by atoms with E-state index < -0.39 is 0 Å². The van der Waals surface area contributed by atoms with E-state index in [2.05, 4.69) is 10.2 Å². The van der Waals surface area contributed by atoms with Gasteiger partial charge < -0.3 is 14.6 Å². The van der Waals surface area contributed by atoms with E-state index in [1.165, 1.54) is 12.8 Å². The van der Waals surface area contributed by atoms with Crippen molar-refractivity contribution in [3.63, 3.8) is 0 Å². The molecule has 1 aliphatic heterocycles. The molecule has 0 bridgehead atoms. The Bertz CT molecular complexity index is 570.